The molecular formula is C15H15Cl4N3O2. The number of nitrogens with zero attached hydrogens (tertiary/aromatic N) is 3. The summed E-state index contributed by atoms with van der Waals surface area (Å²) in [6, 6.07) is 5.18. The van der Waals surface area contributed by atoms with Crippen molar-refractivity contribution in [1.82, 2.24) is 14.6 Å². The lowest BCUT2D eigenvalue weighted by atomic mass is 10.2. The van der Waals surface area contributed by atoms with E-state index in [0.717, 1.165) is 10.6 Å². The van der Waals surface area contributed by atoms with Gasteiger partial charge in [0.1, 0.15) is 0 Å². The average Bonchev–Trinajstić information content (AvgIpc) is 3.02. The molecule has 0 N–H and O–H groups in total. The zero-order valence-corrected chi connectivity index (χ0v) is 15.9. The number of amides is 1. The fourth-order valence-electron chi connectivity index (χ4n) is 2.07. The summed E-state index contributed by atoms with van der Waals surface area (Å²) in [5, 5.41) is 1.38. The van der Waals surface area contributed by atoms with Crippen molar-refractivity contribution in [3.05, 3.63) is 47.5 Å². The van der Waals surface area contributed by atoms with Gasteiger partial charge in [0.25, 0.3) is 5.91 Å². The number of aromatic nitrogens is 2. The number of carbonyl (C=O) groups is 1. The maximum atomic E-state index is 12.2. The SMILES string of the molecule is CC(=O)N(Oc1ccc(C)cc1Cl)C(n1ccnc1)C(Cl)(Cl)CCl. The number of hydroxylamine groups is 2. The van der Waals surface area contributed by atoms with Crippen molar-refractivity contribution in [3.63, 3.8) is 0 Å². The number of hydrogen-bond donors (Lipinski definition) is 0. The second-order valence-corrected chi connectivity index (χ2v) is 7.37. The van der Waals surface area contributed by atoms with E-state index in [1.807, 2.05) is 13.0 Å². The van der Waals surface area contributed by atoms with Crippen molar-refractivity contribution in [2.24, 2.45) is 0 Å². The van der Waals surface area contributed by atoms with Gasteiger partial charge in [-0.05, 0) is 24.6 Å². The highest BCUT2D eigenvalue weighted by Crippen LogP contribution is 2.39. The van der Waals surface area contributed by atoms with E-state index in [2.05, 4.69) is 4.98 Å². The second kappa shape index (κ2) is 7.83. The summed E-state index contributed by atoms with van der Waals surface area (Å²) in [7, 11) is 0. The molecule has 0 aliphatic carbocycles. The fourth-order valence-corrected chi connectivity index (χ4v) is 2.88. The van der Waals surface area contributed by atoms with Crippen LogP contribution in [0.2, 0.25) is 5.02 Å². The molecule has 9 heteroatoms. The van der Waals surface area contributed by atoms with Crippen LogP contribution < -0.4 is 4.84 Å². The number of rotatable bonds is 6. The van der Waals surface area contributed by atoms with Gasteiger partial charge in [-0.2, -0.15) is 0 Å². The molecule has 0 aliphatic rings. The molecular weight excluding hydrogens is 396 g/mol. The molecule has 2 rings (SSSR count). The van der Waals surface area contributed by atoms with Crippen molar-refractivity contribution >= 4 is 52.3 Å². The highest BCUT2D eigenvalue weighted by molar-refractivity contribution is 6.51. The van der Waals surface area contributed by atoms with Gasteiger partial charge in [0, 0.05) is 19.3 Å². The Morgan fingerprint density at radius 2 is 2.17 bits per heavy atom. The topological polar surface area (TPSA) is 47.4 Å². The number of aryl methyl sites for hydroxylation is 1. The van der Waals surface area contributed by atoms with E-state index in [-0.39, 0.29) is 5.88 Å². The van der Waals surface area contributed by atoms with Crippen LogP contribution >= 0.6 is 46.4 Å². The third-order valence-corrected chi connectivity index (χ3v) is 4.83. The largest absolute Gasteiger partial charge is 0.373 e. The van der Waals surface area contributed by atoms with E-state index < -0.39 is 16.4 Å². The van der Waals surface area contributed by atoms with Gasteiger partial charge in [-0.25, -0.2) is 4.98 Å². The Hall–Kier alpha value is -1.14. The quantitative estimate of drug-likeness (QED) is 0.516. The Morgan fingerprint density at radius 3 is 2.67 bits per heavy atom. The fraction of sp³-hybridized carbons (Fsp3) is 0.333. The summed E-state index contributed by atoms with van der Waals surface area (Å²) in [6.07, 6.45) is 3.65. The van der Waals surface area contributed by atoms with E-state index in [1.165, 1.54) is 24.0 Å². The number of hydrogen-bond acceptors (Lipinski definition) is 3. The summed E-state index contributed by atoms with van der Waals surface area (Å²) >= 11 is 24.7. The minimum absolute atomic E-state index is 0.145. The van der Waals surface area contributed by atoms with Gasteiger partial charge < -0.3 is 9.40 Å². The van der Waals surface area contributed by atoms with Crippen LogP contribution in [0, 0.1) is 6.92 Å². The molecule has 0 fully saturated rings. The van der Waals surface area contributed by atoms with Gasteiger partial charge in [0.15, 0.2) is 16.2 Å². The zero-order chi connectivity index (χ0) is 17.9. The number of halogens is 4. The molecule has 1 aromatic carbocycles. The molecule has 0 saturated carbocycles. The van der Waals surface area contributed by atoms with Crippen LogP contribution in [0.1, 0.15) is 18.7 Å². The number of alkyl halides is 3. The first-order chi connectivity index (χ1) is 11.3. The standard InChI is InChI=1S/C15H15Cl4N3O2/c1-10-3-4-13(12(17)7-10)24-22(11(2)23)14(15(18,19)8-16)21-6-5-20-9-21/h3-7,9,14H,8H2,1-2H3. The Labute approximate surface area is 160 Å². The Balaban J connectivity index is 2.44. The third kappa shape index (κ3) is 4.28. The molecule has 1 heterocycles. The highest BCUT2D eigenvalue weighted by atomic mass is 35.5. The molecule has 0 bridgehead atoms. The van der Waals surface area contributed by atoms with Crippen molar-refractivity contribution < 1.29 is 9.63 Å². The summed E-state index contributed by atoms with van der Waals surface area (Å²) in [5.74, 6) is -0.282. The summed E-state index contributed by atoms with van der Waals surface area (Å²) in [4.78, 5) is 21.9. The van der Waals surface area contributed by atoms with Gasteiger partial charge in [-0.1, -0.05) is 40.9 Å². The van der Waals surface area contributed by atoms with Crippen molar-refractivity contribution in [2.45, 2.75) is 24.3 Å². The lowest BCUT2D eigenvalue weighted by Crippen LogP contribution is -2.47. The highest BCUT2D eigenvalue weighted by Gasteiger charge is 2.43. The zero-order valence-electron chi connectivity index (χ0n) is 12.9. The van der Waals surface area contributed by atoms with Crippen LogP contribution in [-0.2, 0) is 4.79 Å². The van der Waals surface area contributed by atoms with E-state index in [9.17, 15) is 4.79 Å². The van der Waals surface area contributed by atoms with Crippen LogP contribution in [0.25, 0.3) is 0 Å². The molecule has 1 aromatic heterocycles. The van der Waals surface area contributed by atoms with Crippen LogP contribution in [0.3, 0.4) is 0 Å². The van der Waals surface area contributed by atoms with Crippen LogP contribution in [0.15, 0.2) is 36.9 Å². The smallest absolute Gasteiger partial charge is 0.254 e. The maximum absolute atomic E-state index is 12.2. The maximum Gasteiger partial charge on any atom is 0.254 e. The van der Waals surface area contributed by atoms with Crippen LogP contribution in [0.4, 0.5) is 0 Å². The van der Waals surface area contributed by atoms with Crippen molar-refractivity contribution in [3.8, 4) is 5.75 Å². The van der Waals surface area contributed by atoms with E-state index in [0.29, 0.717) is 10.8 Å². The monoisotopic (exact) mass is 409 g/mol. The molecule has 2 aromatic rings. The molecule has 24 heavy (non-hydrogen) atoms. The third-order valence-electron chi connectivity index (χ3n) is 3.18. The first kappa shape index (κ1) is 19.2. The number of carbonyl (C=O) groups excluding carboxylic acids is 1. The number of imidazole rings is 1. The molecule has 1 unspecified atom stereocenters. The van der Waals surface area contributed by atoms with Gasteiger partial charge in [0.05, 0.1) is 17.2 Å². The summed E-state index contributed by atoms with van der Waals surface area (Å²) in [5.41, 5.74) is 0.956. The first-order valence-electron chi connectivity index (χ1n) is 6.91. The number of benzene rings is 1. The second-order valence-electron chi connectivity index (χ2n) is 5.15. The van der Waals surface area contributed by atoms with Gasteiger partial charge >= 0.3 is 0 Å². The lowest BCUT2D eigenvalue weighted by molar-refractivity contribution is -0.172. The minimum atomic E-state index is -1.52. The molecule has 0 spiro atoms. The van der Waals surface area contributed by atoms with Gasteiger partial charge in [0.2, 0.25) is 0 Å². The molecule has 1 atom stereocenters. The minimum Gasteiger partial charge on any atom is -0.373 e. The predicted molar refractivity (Wildman–Crippen MR) is 95.8 cm³/mol. The Kier molecular flexibility index (Phi) is 6.26. The predicted octanol–water partition coefficient (Wildman–Crippen LogP) is 4.60. The molecule has 0 aliphatic heterocycles. The van der Waals surface area contributed by atoms with E-state index >= 15 is 0 Å². The normalized spacial score (nSPS) is 12.8. The van der Waals surface area contributed by atoms with Crippen molar-refractivity contribution in [2.75, 3.05) is 5.88 Å². The first-order valence-corrected chi connectivity index (χ1v) is 8.58. The Bertz CT molecular complexity index is 707. The van der Waals surface area contributed by atoms with Crippen molar-refractivity contribution in [1.29, 1.82) is 0 Å². The van der Waals surface area contributed by atoms with Gasteiger partial charge in [-0.3, -0.25) is 4.79 Å². The lowest BCUT2D eigenvalue weighted by Gasteiger charge is -2.36. The molecule has 0 saturated heterocycles. The summed E-state index contributed by atoms with van der Waals surface area (Å²) in [6.45, 7) is 3.22. The molecule has 1 amide bonds. The Morgan fingerprint density at radius 1 is 1.46 bits per heavy atom. The summed E-state index contributed by atoms with van der Waals surface area (Å²) < 4.78 is 0.0109. The molecule has 130 valence electrons. The van der Waals surface area contributed by atoms with E-state index in [1.54, 1.807) is 18.3 Å². The van der Waals surface area contributed by atoms with Crippen LogP contribution in [-0.4, -0.2) is 30.7 Å². The van der Waals surface area contributed by atoms with Crippen LogP contribution in [0.5, 0.6) is 5.75 Å². The average molecular weight is 411 g/mol. The molecule has 0 radical (unpaired) electrons. The van der Waals surface area contributed by atoms with Gasteiger partial charge in [-0.15, -0.1) is 16.7 Å². The molecule has 5 nitrogen and oxygen atoms in total. The van der Waals surface area contributed by atoms with E-state index in [4.69, 9.17) is 51.2 Å².